The summed E-state index contributed by atoms with van der Waals surface area (Å²) >= 11 is 0. The number of aromatic amines is 1. The largest absolute Gasteiger partial charge is 0.574 e. The van der Waals surface area contributed by atoms with Gasteiger partial charge in [0.15, 0.2) is 0 Å². The van der Waals surface area contributed by atoms with Gasteiger partial charge in [0, 0.05) is 6.20 Å². The molecule has 1 aromatic heterocycles. The summed E-state index contributed by atoms with van der Waals surface area (Å²) in [6.45, 7) is 0.801. The lowest BCUT2D eigenvalue weighted by Gasteiger charge is -2.12. The monoisotopic (exact) mass is 261 g/mol. The van der Waals surface area contributed by atoms with Gasteiger partial charge < -0.3 is 9.72 Å². The number of rotatable bonds is 1. The van der Waals surface area contributed by atoms with E-state index in [4.69, 9.17) is 0 Å². The third-order valence-corrected chi connectivity index (χ3v) is 1.80. The Bertz CT molecular complexity index is 472. The van der Waals surface area contributed by atoms with Gasteiger partial charge in [0.1, 0.15) is 5.56 Å². The summed E-state index contributed by atoms with van der Waals surface area (Å²) in [5.41, 5.74) is -3.93. The van der Waals surface area contributed by atoms with Gasteiger partial charge >= 0.3 is 12.5 Å². The summed E-state index contributed by atoms with van der Waals surface area (Å²) in [5.74, 6) is -1.06. The van der Waals surface area contributed by atoms with E-state index < -0.39 is 35.0 Å². The van der Waals surface area contributed by atoms with E-state index >= 15 is 0 Å². The molecule has 96 valence electrons. The Morgan fingerprint density at radius 1 is 1.18 bits per heavy atom. The number of ether oxygens (including phenoxy) is 1. The summed E-state index contributed by atoms with van der Waals surface area (Å²) in [7, 11) is 0. The Morgan fingerprint density at radius 2 is 1.71 bits per heavy atom. The lowest BCUT2D eigenvalue weighted by atomic mass is 10.2. The quantitative estimate of drug-likeness (QED) is 0.789. The molecule has 0 saturated heterocycles. The summed E-state index contributed by atoms with van der Waals surface area (Å²) in [6.07, 6.45) is -9.89. The SMILES string of the molecule is Cc1c(OC(F)(F)F)[nH]cc(C(F)(F)F)c1=O. The third-order valence-electron chi connectivity index (χ3n) is 1.80. The van der Waals surface area contributed by atoms with Gasteiger partial charge in [-0.2, -0.15) is 13.2 Å². The Balaban J connectivity index is 3.26. The van der Waals surface area contributed by atoms with Crippen LogP contribution in [0.3, 0.4) is 0 Å². The van der Waals surface area contributed by atoms with Crippen LogP contribution in [-0.4, -0.2) is 11.3 Å². The van der Waals surface area contributed by atoms with Crippen molar-refractivity contribution in [3.8, 4) is 5.88 Å². The number of alkyl halides is 6. The topological polar surface area (TPSA) is 42.1 Å². The molecule has 0 atom stereocenters. The zero-order chi connectivity index (χ0) is 13.4. The number of halogens is 6. The van der Waals surface area contributed by atoms with Crippen molar-refractivity contribution < 1.29 is 31.1 Å². The fraction of sp³-hybridized carbons (Fsp3) is 0.375. The minimum Gasteiger partial charge on any atom is -0.390 e. The van der Waals surface area contributed by atoms with E-state index in [2.05, 4.69) is 4.74 Å². The molecule has 0 aliphatic carbocycles. The van der Waals surface area contributed by atoms with Gasteiger partial charge in [0.05, 0.1) is 5.56 Å². The van der Waals surface area contributed by atoms with Crippen LogP contribution in [0.4, 0.5) is 26.3 Å². The van der Waals surface area contributed by atoms with Crippen LogP contribution < -0.4 is 10.2 Å². The zero-order valence-electron chi connectivity index (χ0n) is 8.16. The first-order valence-corrected chi connectivity index (χ1v) is 4.07. The van der Waals surface area contributed by atoms with Crippen molar-refractivity contribution in [2.24, 2.45) is 0 Å². The fourth-order valence-corrected chi connectivity index (χ4v) is 1.05. The van der Waals surface area contributed by atoms with E-state index in [0.717, 1.165) is 6.92 Å². The molecule has 3 nitrogen and oxygen atoms in total. The maximum absolute atomic E-state index is 12.2. The Kier molecular flexibility index (Phi) is 3.13. The van der Waals surface area contributed by atoms with Crippen LogP contribution >= 0.6 is 0 Å². The second kappa shape index (κ2) is 3.97. The van der Waals surface area contributed by atoms with Crippen LogP contribution in [-0.2, 0) is 6.18 Å². The van der Waals surface area contributed by atoms with Gasteiger partial charge in [-0.15, -0.1) is 13.2 Å². The number of hydrogen-bond donors (Lipinski definition) is 1. The van der Waals surface area contributed by atoms with Crippen molar-refractivity contribution in [2.45, 2.75) is 19.5 Å². The molecule has 0 radical (unpaired) electrons. The van der Waals surface area contributed by atoms with E-state index in [9.17, 15) is 31.1 Å². The molecular weight excluding hydrogens is 256 g/mol. The molecular formula is C8H5F6NO2. The van der Waals surface area contributed by atoms with Crippen LogP contribution in [0.15, 0.2) is 11.0 Å². The van der Waals surface area contributed by atoms with Crippen LogP contribution in [0.5, 0.6) is 5.88 Å². The van der Waals surface area contributed by atoms with Crippen LogP contribution in [0, 0.1) is 6.92 Å². The highest BCUT2D eigenvalue weighted by Gasteiger charge is 2.37. The molecule has 0 amide bonds. The summed E-state index contributed by atoms with van der Waals surface area (Å²) in [6, 6.07) is 0. The highest BCUT2D eigenvalue weighted by atomic mass is 19.4. The maximum Gasteiger partial charge on any atom is 0.574 e. The smallest absolute Gasteiger partial charge is 0.390 e. The van der Waals surface area contributed by atoms with Gasteiger partial charge in [-0.05, 0) is 6.92 Å². The molecule has 17 heavy (non-hydrogen) atoms. The van der Waals surface area contributed by atoms with Gasteiger partial charge in [-0.1, -0.05) is 0 Å². The van der Waals surface area contributed by atoms with Crippen molar-refractivity contribution >= 4 is 0 Å². The summed E-state index contributed by atoms with van der Waals surface area (Å²) < 4.78 is 75.5. The van der Waals surface area contributed by atoms with E-state index in [0.29, 0.717) is 0 Å². The summed E-state index contributed by atoms with van der Waals surface area (Å²) in [4.78, 5) is 12.8. The molecule has 9 heteroatoms. The minimum atomic E-state index is -5.09. The minimum absolute atomic E-state index is 0.135. The highest BCUT2D eigenvalue weighted by molar-refractivity contribution is 5.30. The molecule has 0 aromatic carbocycles. The molecule has 1 aromatic rings. The van der Waals surface area contributed by atoms with Gasteiger partial charge in [-0.25, -0.2) is 0 Å². The molecule has 0 fully saturated rings. The van der Waals surface area contributed by atoms with E-state index in [-0.39, 0.29) is 6.20 Å². The van der Waals surface area contributed by atoms with Crippen LogP contribution in [0.1, 0.15) is 11.1 Å². The van der Waals surface area contributed by atoms with Gasteiger partial charge in [0.2, 0.25) is 11.3 Å². The van der Waals surface area contributed by atoms with Crippen LogP contribution in [0.25, 0.3) is 0 Å². The van der Waals surface area contributed by atoms with Crippen molar-refractivity contribution in [2.75, 3.05) is 0 Å². The van der Waals surface area contributed by atoms with E-state index in [1.807, 2.05) is 0 Å². The number of hydrogen-bond acceptors (Lipinski definition) is 2. The number of pyridine rings is 1. The lowest BCUT2D eigenvalue weighted by Crippen LogP contribution is -2.25. The second-order valence-electron chi connectivity index (χ2n) is 3.03. The molecule has 0 aliphatic rings. The Morgan fingerprint density at radius 3 is 2.12 bits per heavy atom. The van der Waals surface area contributed by atoms with Gasteiger partial charge in [0.25, 0.3) is 0 Å². The fourth-order valence-electron chi connectivity index (χ4n) is 1.05. The highest BCUT2D eigenvalue weighted by Crippen LogP contribution is 2.29. The molecule has 0 saturated carbocycles. The Hall–Kier alpha value is -1.67. The van der Waals surface area contributed by atoms with Crippen molar-refractivity contribution in [1.29, 1.82) is 0 Å². The predicted octanol–water partition coefficient (Wildman–Crippen LogP) is 2.60. The van der Waals surface area contributed by atoms with E-state index in [1.165, 1.54) is 0 Å². The first-order valence-electron chi connectivity index (χ1n) is 4.07. The predicted molar refractivity (Wildman–Crippen MR) is 43.5 cm³/mol. The van der Waals surface area contributed by atoms with Gasteiger partial charge in [-0.3, -0.25) is 4.79 Å². The van der Waals surface area contributed by atoms with Crippen molar-refractivity contribution in [3.05, 3.63) is 27.5 Å². The van der Waals surface area contributed by atoms with Crippen LogP contribution in [0.2, 0.25) is 0 Å². The molecule has 0 bridgehead atoms. The normalized spacial score (nSPS) is 12.6. The first kappa shape index (κ1) is 13.4. The lowest BCUT2D eigenvalue weighted by molar-refractivity contribution is -0.276. The zero-order valence-corrected chi connectivity index (χ0v) is 8.16. The standard InChI is InChI=1S/C8H5F6NO2/c1-3-5(16)4(7(9,10)11)2-15-6(3)17-8(12,13)14/h2H,1H3,(H,15,16). The second-order valence-corrected chi connectivity index (χ2v) is 3.03. The maximum atomic E-state index is 12.2. The molecule has 1 N–H and O–H groups in total. The average Bonchev–Trinajstić information content (AvgIpc) is 2.08. The average molecular weight is 261 g/mol. The van der Waals surface area contributed by atoms with E-state index in [1.54, 1.807) is 4.98 Å². The molecule has 0 unspecified atom stereocenters. The number of aromatic nitrogens is 1. The van der Waals surface area contributed by atoms with Crippen molar-refractivity contribution in [1.82, 2.24) is 4.98 Å². The van der Waals surface area contributed by atoms with Crippen molar-refractivity contribution in [3.63, 3.8) is 0 Å². The summed E-state index contributed by atoms with van der Waals surface area (Å²) in [5, 5.41) is 0. The first-order chi connectivity index (χ1) is 7.52. The molecule has 1 heterocycles. The number of nitrogens with one attached hydrogen (secondary N) is 1. The third kappa shape index (κ3) is 3.14. The number of H-pyrrole nitrogens is 1. The molecule has 0 spiro atoms. The molecule has 1 rings (SSSR count). The molecule has 0 aliphatic heterocycles. The Labute approximate surface area is 90.0 Å².